The summed E-state index contributed by atoms with van der Waals surface area (Å²) in [6, 6.07) is 14.3. The van der Waals surface area contributed by atoms with Gasteiger partial charge >= 0.3 is 6.61 Å². The SMILES string of the molecule is O=C(/C=C/c1ccccc1OC(F)F)N1CCCC(c2nc3ccccc3[nH]2)C1. The number of hydrogen-bond donors (Lipinski definition) is 1. The third kappa shape index (κ3) is 4.45. The van der Waals surface area contributed by atoms with E-state index in [1.807, 2.05) is 24.3 Å². The number of rotatable bonds is 5. The number of fused-ring (bicyclic) bond motifs is 1. The minimum absolute atomic E-state index is 0.0466. The van der Waals surface area contributed by atoms with Crippen LogP contribution in [0.4, 0.5) is 8.78 Å². The standard InChI is InChI=1S/C22H21F2N3O2/c23-22(24)29-19-10-4-1-6-15(19)11-12-20(28)27-13-5-7-16(14-27)21-25-17-8-2-3-9-18(17)26-21/h1-4,6,8-12,16,22H,5,7,13-14H2,(H,25,26)/b12-11+. The molecular weight excluding hydrogens is 376 g/mol. The third-order valence-corrected chi connectivity index (χ3v) is 5.07. The molecule has 1 unspecified atom stereocenters. The van der Waals surface area contributed by atoms with Crippen molar-refractivity contribution in [3.63, 3.8) is 0 Å². The number of ether oxygens (including phenoxy) is 1. The van der Waals surface area contributed by atoms with Gasteiger partial charge in [-0.1, -0.05) is 30.3 Å². The zero-order valence-corrected chi connectivity index (χ0v) is 15.7. The van der Waals surface area contributed by atoms with Crippen molar-refractivity contribution in [2.24, 2.45) is 0 Å². The Balaban J connectivity index is 1.46. The van der Waals surface area contributed by atoms with E-state index in [0.29, 0.717) is 18.7 Å². The van der Waals surface area contributed by atoms with Crippen LogP contribution in [-0.4, -0.2) is 40.5 Å². The fourth-order valence-electron chi connectivity index (χ4n) is 3.65. The number of carbonyl (C=O) groups is 1. The Labute approximate surface area is 167 Å². The number of amides is 1. The number of nitrogens with zero attached hydrogens (tertiary/aromatic N) is 2. The monoisotopic (exact) mass is 397 g/mol. The van der Waals surface area contributed by atoms with E-state index in [1.54, 1.807) is 23.1 Å². The van der Waals surface area contributed by atoms with E-state index in [9.17, 15) is 13.6 Å². The van der Waals surface area contributed by atoms with Gasteiger partial charge in [0.1, 0.15) is 11.6 Å². The van der Waals surface area contributed by atoms with E-state index in [-0.39, 0.29) is 17.6 Å². The third-order valence-electron chi connectivity index (χ3n) is 5.07. The minimum Gasteiger partial charge on any atom is -0.434 e. The minimum atomic E-state index is -2.91. The predicted molar refractivity (Wildman–Crippen MR) is 107 cm³/mol. The highest BCUT2D eigenvalue weighted by atomic mass is 19.3. The van der Waals surface area contributed by atoms with Crippen LogP contribution in [0.25, 0.3) is 17.1 Å². The summed E-state index contributed by atoms with van der Waals surface area (Å²) in [4.78, 5) is 22.5. The molecule has 150 valence electrons. The van der Waals surface area contributed by atoms with Crippen molar-refractivity contribution in [2.75, 3.05) is 13.1 Å². The summed E-state index contributed by atoms with van der Waals surface area (Å²) in [5.74, 6) is 0.925. The maximum Gasteiger partial charge on any atom is 0.387 e. The molecule has 29 heavy (non-hydrogen) atoms. The number of aromatic nitrogens is 2. The summed E-state index contributed by atoms with van der Waals surface area (Å²) in [5.41, 5.74) is 2.34. The van der Waals surface area contributed by atoms with Crippen molar-refractivity contribution >= 4 is 23.0 Å². The number of alkyl halides is 2. The lowest BCUT2D eigenvalue weighted by Crippen LogP contribution is -2.38. The molecule has 0 aliphatic carbocycles. The smallest absolute Gasteiger partial charge is 0.387 e. The number of carbonyl (C=O) groups excluding carboxylic acids is 1. The number of H-pyrrole nitrogens is 1. The summed E-state index contributed by atoms with van der Waals surface area (Å²) >= 11 is 0. The van der Waals surface area contributed by atoms with Crippen LogP contribution in [-0.2, 0) is 4.79 Å². The largest absolute Gasteiger partial charge is 0.434 e. The van der Waals surface area contributed by atoms with Crippen LogP contribution in [0.3, 0.4) is 0 Å². The average Bonchev–Trinajstić information content (AvgIpc) is 3.17. The fourth-order valence-corrected chi connectivity index (χ4v) is 3.65. The van der Waals surface area contributed by atoms with Gasteiger partial charge in [0.15, 0.2) is 0 Å². The molecule has 3 aromatic rings. The van der Waals surface area contributed by atoms with Gasteiger partial charge in [-0.3, -0.25) is 4.79 Å². The van der Waals surface area contributed by atoms with Gasteiger partial charge < -0.3 is 14.6 Å². The van der Waals surface area contributed by atoms with Gasteiger partial charge in [-0.05, 0) is 37.1 Å². The van der Waals surface area contributed by atoms with Crippen molar-refractivity contribution in [3.05, 3.63) is 66.0 Å². The summed E-state index contributed by atoms with van der Waals surface area (Å²) in [7, 11) is 0. The molecule has 1 aromatic heterocycles. The van der Waals surface area contributed by atoms with Gasteiger partial charge in [-0.2, -0.15) is 8.78 Å². The summed E-state index contributed by atoms with van der Waals surface area (Å²) in [5, 5.41) is 0. The number of piperidine rings is 1. The highest BCUT2D eigenvalue weighted by molar-refractivity contribution is 5.92. The molecule has 0 saturated carbocycles. The molecule has 0 radical (unpaired) electrons. The molecule has 1 fully saturated rings. The number of benzene rings is 2. The first-order valence-corrected chi connectivity index (χ1v) is 9.55. The van der Waals surface area contributed by atoms with Crippen molar-refractivity contribution in [3.8, 4) is 5.75 Å². The van der Waals surface area contributed by atoms with Crippen molar-refractivity contribution < 1.29 is 18.3 Å². The van der Waals surface area contributed by atoms with Crippen LogP contribution in [0, 0.1) is 0 Å². The molecule has 1 aliphatic heterocycles. The van der Waals surface area contributed by atoms with Gasteiger partial charge in [0.25, 0.3) is 0 Å². The topological polar surface area (TPSA) is 58.2 Å². The fraction of sp³-hybridized carbons (Fsp3) is 0.273. The van der Waals surface area contributed by atoms with Crippen LogP contribution in [0.2, 0.25) is 0 Å². The van der Waals surface area contributed by atoms with E-state index in [0.717, 1.165) is 29.7 Å². The molecule has 1 amide bonds. The lowest BCUT2D eigenvalue weighted by Gasteiger charge is -2.31. The highest BCUT2D eigenvalue weighted by Crippen LogP contribution is 2.27. The number of imidazole rings is 1. The molecule has 1 aliphatic rings. The number of nitrogens with one attached hydrogen (secondary N) is 1. The molecule has 1 atom stereocenters. The number of para-hydroxylation sites is 3. The van der Waals surface area contributed by atoms with Gasteiger partial charge in [0.2, 0.25) is 5.91 Å². The second kappa shape index (κ2) is 8.43. The van der Waals surface area contributed by atoms with Crippen LogP contribution in [0.15, 0.2) is 54.6 Å². The summed E-state index contributed by atoms with van der Waals surface area (Å²) in [6.45, 7) is -1.68. The Hall–Kier alpha value is -3.22. The quantitative estimate of drug-likeness (QED) is 0.641. The first kappa shape index (κ1) is 19.1. The predicted octanol–water partition coefficient (Wildman–Crippen LogP) is 4.58. The van der Waals surface area contributed by atoms with E-state index in [1.165, 1.54) is 18.2 Å². The number of hydrogen-bond acceptors (Lipinski definition) is 3. The van der Waals surface area contributed by atoms with Gasteiger partial charge in [-0.15, -0.1) is 0 Å². The molecule has 2 heterocycles. The zero-order valence-electron chi connectivity index (χ0n) is 15.7. The molecule has 4 rings (SSSR count). The molecule has 2 aromatic carbocycles. The van der Waals surface area contributed by atoms with E-state index in [4.69, 9.17) is 0 Å². The second-order valence-corrected chi connectivity index (χ2v) is 7.01. The maximum atomic E-state index is 12.7. The van der Waals surface area contributed by atoms with E-state index < -0.39 is 6.61 Å². The van der Waals surface area contributed by atoms with Gasteiger partial charge in [0.05, 0.1) is 11.0 Å². The van der Waals surface area contributed by atoms with Crippen LogP contribution < -0.4 is 4.74 Å². The lowest BCUT2D eigenvalue weighted by molar-refractivity contribution is -0.127. The molecule has 1 saturated heterocycles. The molecular formula is C22H21F2N3O2. The van der Waals surface area contributed by atoms with Gasteiger partial charge in [0, 0.05) is 30.6 Å². The van der Waals surface area contributed by atoms with Crippen LogP contribution in [0.1, 0.15) is 30.1 Å². The van der Waals surface area contributed by atoms with Crippen molar-refractivity contribution in [1.82, 2.24) is 14.9 Å². The normalized spacial score (nSPS) is 17.3. The Morgan fingerprint density at radius 3 is 2.83 bits per heavy atom. The molecule has 1 N–H and O–H groups in total. The maximum absolute atomic E-state index is 12.7. The number of aromatic amines is 1. The average molecular weight is 397 g/mol. The zero-order chi connectivity index (χ0) is 20.2. The summed E-state index contributed by atoms with van der Waals surface area (Å²) in [6.07, 6.45) is 4.77. The second-order valence-electron chi connectivity index (χ2n) is 7.01. The Morgan fingerprint density at radius 2 is 2.00 bits per heavy atom. The van der Waals surface area contributed by atoms with Crippen LogP contribution in [0.5, 0.6) is 5.75 Å². The van der Waals surface area contributed by atoms with E-state index in [2.05, 4.69) is 14.7 Å². The first-order valence-electron chi connectivity index (χ1n) is 9.55. The van der Waals surface area contributed by atoms with E-state index >= 15 is 0 Å². The highest BCUT2D eigenvalue weighted by Gasteiger charge is 2.25. The van der Waals surface area contributed by atoms with Crippen LogP contribution >= 0.6 is 0 Å². The molecule has 0 spiro atoms. The Kier molecular flexibility index (Phi) is 5.55. The Bertz CT molecular complexity index is 999. The first-order chi connectivity index (χ1) is 14.1. The number of likely N-dealkylation sites (tertiary alicyclic amines) is 1. The Morgan fingerprint density at radius 1 is 1.21 bits per heavy atom. The molecule has 7 heteroatoms. The summed E-state index contributed by atoms with van der Waals surface area (Å²) < 4.78 is 29.6. The molecule has 0 bridgehead atoms. The van der Waals surface area contributed by atoms with Crippen molar-refractivity contribution in [1.29, 1.82) is 0 Å². The van der Waals surface area contributed by atoms with Gasteiger partial charge in [-0.25, -0.2) is 4.98 Å². The lowest BCUT2D eigenvalue weighted by atomic mass is 9.97. The molecule has 5 nitrogen and oxygen atoms in total. The number of halogens is 2. The van der Waals surface area contributed by atoms with Crippen molar-refractivity contribution in [2.45, 2.75) is 25.4 Å².